The van der Waals surface area contributed by atoms with E-state index in [0.29, 0.717) is 5.69 Å². The summed E-state index contributed by atoms with van der Waals surface area (Å²) in [5.41, 5.74) is 0.878. The van der Waals surface area contributed by atoms with Crippen LogP contribution in [0.1, 0.15) is 12.0 Å². The van der Waals surface area contributed by atoms with E-state index < -0.39 is 10.0 Å². The lowest BCUT2D eigenvalue weighted by Crippen LogP contribution is -2.28. The number of nitrogens with zero attached hydrogens (tertiary/aromatic N) is 2. The molecule has 2 rings (SSSR count). The van der Waals surface area contributed by atoms with Gasteiger partial charge in [0.05, 0.1) is 16.1 Å². The molecule has 6 nitrogen and oxygen atoms in total. The summed E-state index contributed by atoms with van der Waals surface area (Å²) >= 11 is 1.74. The first-order valence-electron chi connectivity index (χ1n) is 8.45. The van der Waals surface area contributed by atoms with Crippen LogP contribution in [0, 0.1) is 11.3 Å². The first kappa shape index (κ1) is 21.3. The van der Waals surface area contributed by atoms with Crippen molar-refractivity contribution in [3.8, 4) is 6.07 Å². The zero-order valence-corrected chi connectivity index (χ0v) is 17.1. The predicted octanol–water partition coefficient (Wildman–Crippen LogP) is 2.73. The number of nitriles is 1. The summed E-state index contributed by atoms with van der Waals surface area (Å²) in [6.45, 7) is 0.893. The van der Waals surface area contributed by atoms with E-state index in [1.807, 2.05) is 32.3 Å². The number of primary sulfonamides is 1. The fraction of sp³-hybridized carbons (Fsp3) is 0.316. The van der Waals surface area contributed by atoms with Crippen molar-refractivity contribution >= 4 is 27.5 Å². The quantitative estimate of drug-likeness (QED) is 0.624. The lowest BCUT2D eigenvalue weighted by atomic mass is 10.1. The average molecular weight is 405 g/mol. The van der Waals surface area contributed by atoms with Crippen molar-refractivity contribution in [2.75, 3.05) is 31.7 Å². The van der Waals surface area contributed by atoms with Gasteiger partial charge in [-0.2, -0.15) is 5.26 Å². The molecule has 0 amide bonds. The minimum Gasteiger partial charge on any atom is -0.380 e. The van der Waals surface area contributed by atoms with E-state index >= 15 is 0 Å². The molecule has 0 aliphatic rings. The highest BCUT2D eigenvalue weighted by Gasteiger charge is 2.15. The van der Waals surface area contributed by atoms with Gasteiger partial charge in [0.1, 0.15) is 6.07 Å². The van der Waals surface area contributed by atoms with Gasteiger partial charge in [-0.1, -0.05) is 18.2 Å². The number of nitrogens with one attached hydrogen (secondary N) is 1. The highest BCUT2D eigenvalue weighted by Crippen LogP contribution is 2.24. The van der Waals surface area contributed by atoms with Crippen molar-refractivity contribution in [1.29, 1.82) is 5.26 Å². The Kier molecular flexibility index (Phi) is 7.68. The van der Waals surface area contributed by atoms with Gasteiger partial charge in [-0.3, -0.25) is 0 Å². The monoisotopic (exact) mass is 404 g/mol. The molecule has 1 atom stereocenters. The predicted molar refractivity (Wildman–Crippen MR) is 110 cm³/mol. The van der Waals surface area contributed by atoms with Gasteiger partial charge < -0.3 is 10.2 Å². The molecule has 3 N–H and O–H groups in total. The first-order valence-corrected chi connectivity index (χ1v) is 11.0. The molecule has 8 heteroatoms. The number of benzene rings is 2. The number of hydrogen-bond donors (Lipinski definition) is 2. The fourth-order valence-corrected chi connectivity index (χ4v) is 4.00. The third-order valence-electron chi connectivity index (χ3n) is 3.92. The summed E-state index contributed by atoms with van der Waals surface area (Å²) in [5, 5.41) is 18.0. The van der Waals surface area contributed by atoms with E-state index in [1.165, 1.54) is 17.0 Å². The zero-order valence-electron chi connectivity index (χ0n) is 15.4. The third kappa shape index (κ3) is 6.88. The summed E-state index contributed by atoms with van der Waals surface area (Å²) in [7, 11) is 0.196. The van der Waals surface area contributed by atoms with Crippen LogP contribution in [0.15, 0.2) is 58.3 Å². The van der Waals surface area contributed by atoms with Gasteiger partial charge in [0, 0.05) is 16.7 Å². The van der Waals surface area contributed by atoms with Crippen LogP contribution in [0.5, 0.6) is 0 Å². The molecule has 0 spiro atoms. The minimum absolute atomic E-state index is 0.0619. The molecule has 0 aromatic heterocycles. The van der Waals surface area contributed by atoms with Crippen molar-refractivity contribution in [3.63, 3.8) is 0 Å². The van der Waals surface area contributed by atoms with E-state index in [4.69, 9.17) is 5.14 Å². The highest BCUT2D eigenvalue weighted by atomic mass is 32.2. The van der Waals surface area contributed by atoms with Crippen LogP contribution in [0.3, 0.4) is 0 Å². The molecular formula is C19H24N4O2S2. The van der Waals surface area contributed by atoms with Crippen LogP contribution in [0.4, 0.5) is 5.69 Å². The maximum Gasteiger partial charge on any atom is 0.238 e. The van der Waals surface area contributed by atoms with Crippen LogP contribution >= 0.6 is 11.8 Å². The molecule has 0 aliphatic heterocycles. The van der Waals surface area contributed by atoms with Crippen molar-refractivity contribution in [2.45, 2.75) is 22.3 Å². The number of sulfonamides is 1. The molecule has 0 radical (unpaired) electrons. The molecule has 0 fully saturated rings. The Hall–Kier alpha value is -2.05. The van der Waals surface area contributed by atoms with E-state index in [-0.39, 0.29) is 16.5 Å². The Morgan fingerprint density at radius 2 is 1.93 bits per heavy atom. The van der Waals surface area contributed by atoms with E-state index in [9.17, 15) is 13.7 Å². The molecule has 0 bridgehead atoms. The van der Waals surface area contributed by atoms with Crippen molar-refractivity contribution in [1.82, 2.24) is 4.90 Å². The molecule has 0 aliphatic carbocycles. The summed E-state index contributed by atoms with van der Waals surface area (Å²) < 4.78 is 23.0. The molecule has 0 saturated heterocycles. The van der Waals surface area contributed by atoms with Gasteiger partial charge in [-0.05, 0) is 57.4 Å². The molecule has 144 valence electrons. The highest BCUT2D eigenvalue weighted by molar-refractivity contribution is 7.99. The fourth-order valence-electron chi connectivity index (χ4n) is 2.46. The summed E-state index contributed by atoms with van der Waals surface area (Å²) in [4.78, 5) is 3.23. The van der Waals surface area contributed by atoms with Crippen LogP contribution < -0.4 is 10.5 Å². The van der Waals surface area contributed by atoms with Crippen LogP contribution in [-0.2, 0) is 10.0 Å². The lowest BCUT2D eigenvalue weighted by Gasteiger charge is -2.22. The van der Waals surface area contributed by atoms with Crippen molar-refractivity contribution in [2.24, 2.45) is 5.14 Å². The summed E-state index contributed by atoms with van der Waals surface area (Å²) in [6, 6.07) is 16.6. The van der Waals surface area contributed by atoms with Crippen LogP contribution in [0.2, 0.25) is 0 Å². The van der Waals surface area contributed by atoms with Gasteiger partial charge in [-0.25, -0.2) is 13.6 Å². The van der Waals surface area contributed by atoms with Crippen molar-refractivity contribution in [3.05, 3.63) is 54.1 Å². The average Bonchev–Trinajstić information content (AvgIpc) is 2.64. The number of nitrogens with two attached hydrogens (primary N) is 1. The van der Waals surface area contributed by atoms with Gasteiger partial charge in [0.25, 0.3) is 0 Å². The largest absolute Gasteiger partial charge is 0.380 e. The van der Waals surface area contributed by atoms with Gasteiger partial charge >= 0.3 is 0 Å². The summed E-state index contributed by atoms with van der Waals surface area (Å²) in [5.74, 6) is 0.819. The molecule has 0 heterocycles. The normalized spacial score (nSPS) is 12.6. The third-order valence-corrected chi connectivity index (χ3v) is 6.00. The van der Waals surface area contributed by atoms with E-state index in [0.717, 1.165) is 18.7 Å². The second-order valence-corrected chi connectivity index (χ2v) is 9.08. The molecule has 27 heavy (non-hydrogen) atoms. The standard InChI is InChI=1S/C19H24N4O2S2/c1-23(2)11-10-16(14-26-17-6-4-3-5-7-17)22-19-9-8-18(27(21,24)25)12-15(19)13-20/h3-9,12,16,22H,10-11,14H2,1-2H3,(H2,21,24,25)/t16-/m1/s1. The molecule has 0 saturated carbocycles. The number of anilines is 1. The maximum atomic E-state index is 11.5. The van der Waals surface area contributed by atoms with Crippen LogP contribution in [0.25, 0.3) is 0 Å². The Morgan fingerprint density at radius 3 is 2.52 bits per heavy atom. The van der Waals surface area contributed by atoms with E-state index in [1.54, 1.807) is 17.8 Å². The smallest absolute Gasteiger partial charge is 0.238 e. The number of thioether (sulfide) groups is 1. The maximum absolute atomic E-state index is 11.5. The zero-order chi connectivity index (χ0) is 19.9. The molecular weight excluding hydrogens is 380 g/mol. The van der Waals surface area contributed by atoms with Gasteiger partial charge in [0.15, 0.2) is 0 Å². The van der Waals surface area contributed by atoms with Crippen molar-refractivity contribution < 1.29 is 8.42 Å². The Labute approximate surface area is 165 Å². The number of hydrogen-bond acceptors (Lipinski definition) is 6. The molecule has 2 aromatic carbocycles. The topological polar surface area (TPSA) is 99.2 Å². The second-order valence-electron chi connectivity index (χ2n) is 6.42. The van der Waals surface area contributed by atoms with Crippen LogP contribution in [-0.4, -0.2) is 45.8 Å². The molecule has 2 aromatic rings. The summed E-state index contributed by atoms with van der Waals surface area (Å²) in [6.07, 6.45) is 0.884. The second kappa shape index (κ2) is 9.76. The SMILES string of the molecule is CN(C)CC[C@H](CSc1ccccc1)Nc1ccc(S(N)(=O)=O)cc1C#N. The van der Waals surface area contributed by atoms with Gasteiger partial charge in [0.2, 0.25) is 10.0 Å². The van der Waals surface area contributed by atoms with E-state index in [2.05, 4.69) is 28.4 Å². The van der Waals surface area contributed by atoms with Gasteiger partial charge in [-0.15, -0.1) is 11.8 Å². The Balaban J connectivity index is 2.17. The Morgan fingerprint density at radius 1 is 1.22 bits per heavy atom. The molecule has 0 unspecified atom stereocenters. The number of rotatable bonds is 9. The minimum atomic E-state index is -3.84. The Bertz CT molecular complexity index is 894. The lowest BCUT2D eigenvalue weighted by molar-refractivity contribution is 0.391. The first-order chi connectivity index (χ1) is 12.8.